The van der Waals surface area contributed by atoms with Crippen LogP contribution < -0.4 is 16.1 Å². The summed E-state index contributed by atoms with van der Waals surface area (Å²) < 4.78 is 13.6. The fourth-order valence-electron chi connectivity index (χ4n) is 2.63. The Morgan fingerprint density at radius 1 is 1.12 bits per heavy atom. The Kier molecular flexibility index (Phi) is 4.46. The molecular formula is C19H19FN4O2. The van der Waals surface area contributed by atoms with Crippen molar-refractivity contribution in [2.24, 2.45) is 10.5 Å². The molecule has 0 aromatic heterocycles. The summed E-state index contributed by atoms with van der Waals surface area (Å²) in [4.78, 5) is 24.0. The lowest BCUT2D eigenvalue weighted by Crippen LogP contribution is -2.32. The maximum atomic E-state index is 13.6. The molecule has 0 saturated carbocycles. The quantitative estimate of drug-likeness (QED) is 0.786. The second kappa shape index (κ2) is 6.59. The van der Waals surface area contributed by atoms with E-state index in [-0.39, 0.29) is 11.7 Å². The van der Waals surface area contributed by atoms with Crippen molar-refractivity contribution >= 4 is 29.0 Å². The summed E-state index contributed by atoms with van der Waals surface area (Å²) in [5.74, 6) is -0.562. The van der Waals surface area contributed by atoms with Crippen LogP contribution in [0.1, 0.15) is 25.0 Å². The van der Waals surface area contributed by atoms with Gasteiger partial charge in [0.05, 0.1) is 11.1 Å². The van der Waals surface area contributed by atoms with Gasteiger partial charge >= 0.3 is 6.03 Å². The highest BCUT2D eigenvalue weighted by Gasteiger charge is 2.39. The lowest BCUT2D eigenvalue weighted by atomic mass is 9.84. The van der Waals surface area contributed by atoms with Gasteiger partial charge in [0.2, 0.25) is 0 Å². The second-order valence-corrected chi connectivity index (χ2v) is 6.65. The SMILES string of the molecule is Cc1ccc(NC(=O)Nc2cccc(C3=NNC(=O)C3(C)C)c2)cc1F. The third kappa shape index (κ3) is 3.42. The number of halogens is 1. The summed E-state index contributed by atoms with van der Waals surface area (Å²) in [6, 6.07) is 11.0. The number of carbonyl (C=O) groups is 2. The first-order valence-corrected chi connectivity index (χ1v) is 8.10. The zero-order valence-electron chi connectivity index (χ0n) is 14.7. The largest absolute Gasteiger partial charge is 0.323 e. The van der Waals surface area contributed by atoms with Crippen LogP contribution >= 0.6 is 0 Å². The molecule has 2 aromatic rings. The number of nitrogens with zero attached hydrogens (tertiary/aromatic N) is 1. The van der Waals surface area contributed by atoms with Gasteiger partial charge in [0.15, 0.2) is 0 Å². The number of urea groups is 1. The second-order valence-electron chi connectivity index (χ2n) is 6.65. The molecule has 2 aromatic carbocycles. The number of hydrazone groups is 1. The monoisotopic (exact) mass is 354 g/mol. The van der Waals surface area contributed by atoms with Gasteiger partial charge in [-0.25, -0.2) is 14.6 Å². The average Bonchev–Trinajstić information content (AvgIpc) is 2.84. The Bertz CT molecular complexity index is 922. The maximum absolute atomic E-state index is 13.6. The van der Waals surface area contributed by atoms with Gasteiger partial charge in [-0.1, -0.05) is 18.2 Å². The van der Waals surface area contributed by atoms with Gasteiger partial charge in [-0.2, -0.15) is 5.10 Å². The van der Waals surface area contributed by atoms with Gasteiger partial charge in [-0.05, 0) is 50.6 Å². The van der Waals surface area contributed by atoms with Gasteiger partial charge < -0.3 is 10.6 Å². The van der Waals surface area contributed by atoms with Crippen LogP contribution in [0.25, 0.3) is 0 Å². The van der Waals surface area contributed by atoms with Crippen LogP contribution in [-0.2, 0) is 4.79 Å². The minimum absolute atomic E-state index is 0.176. The van der Waals surface area contributed by atoms with Crippen LogP contribution in [0.3, 0.4) is 0 Å². The van der Waals surface area contributed by atoms with E-state index >= 15 is 0 Å². The van der Waals surface area contributed by atoms with Crippen LogP contribution in [-0.4, -0.2) is 17.6 Å². The number of aryl methyl sites for hydroxylation is 1. The van der Waals surface area contributed by atoms with E-state index in [0.717, 1.165) is 5.56 Å². The third-order valence-electron chi connectivity index (χ3n) is 4.25. The maximum Gasteiger partial charge on any atom is 0.323 e. The van der Waals surface area contributed by atoms with Crippen LogP contribution in [0, 0.1) is 18.2 Å². The molecule has 0 atom stereocenters. The zero-order chi connectivity index (χ0) is 18.9. The van der Waals surface area contributed by atoms with Gasteiger partial charge in [0, 0.05) is 16.9 Å². The molecule has 0 saturated heterocycles. The minimum atomic E-state index is -0.750. The number of hydrogen-bond acceptors (Lipinski definition) is 3. The molecule has 0 fully saturated rings. The Morgan fingerprint density at radius 2 is 1.81 bits per heavy atom. The summed E-state index contributed by atoms with van der Waals surface area (Å²) in [6.07, 6.45) is 0. The molecule has 6 nitrogen and oxygen atoms in total. The van der Waals surface area contributed by atoms with E-state index in [0.29, 0.717) is 22.6 Å². The smallest absolute Gasteiger partial charge is 0.308 e. The van der Waals surface area contributed by atoms with Crippen molar-refractivity contribution in [3.05, 3.63) is 59.4 Å². The van der Waals surface area contributed by atoms with Crippen molar-refractivity contribution < 1.29 is 14.0 Å². The highest BCUT2D eigenvalue weighted by Crippen LogP contribution is 2.28. The van der Waals surface area contributed by atoms with E-state index in [2.05, 4.69) is 21.2 Å². The highest BCUT2D eigenvalue weighted by atomic mass is 19.1. The zero-order valence-corrected chi connectivity index (χ0v) is 14.7. The van der Waals surface area contributed by atoms with Crippen LogP contribution in [0.5, 0.6) is 0 Å². The molecule has 0 bridgehead atoms. The fourth-order valence-corrected chi connectivity index (χ4v) is 2.63. The first-order chi connectivity index (χ1) is 12.3. The van der Waals surface area contributed by atoms with Gasteiger partial charge in [-0.15, -0.1) is 0 Å². The number of anilines is 2. The van der Waals surface area contributed by atoms with E-state index in [4.69, 9.17) is 0 Å². The normalized spacial score (nSPS) is 15.2. The molecule has 1 aliphatic heterocycles. The topological polar surface area (TPSA) is 82.6 Å². The van der Waals surface area contributed by atoms with Crippen molar-refractivity contribution in [2.75, 3.05) is 10.6 Å². The number of carbonyl (C=O) groups excluding carboxylic acids is 2. The summed E-state index contributed by atoms with van der Waals surface area (Å²) in [5.41, 5.74) is 4.46. The predicted molar refractivity (Wildman–Crippen MR) is 98.7 cm³/mol. The molecule has 0 unspecified atom stereocenters. The molecule has 0 radical (unpaired) electrons. The molecule has 26 heavy (non-hydrogen) atoms. The molecule has 134 valence electrons. The van der Waals surface area contributed by atoms with Gasteiger partial charge in [-0.3, -0.25) is 4.79 Å². The molecular weight excluding hydrogens is 335 g/mol. The Hall–Kier alpha value is -3.22. The van der Waals surface area contributed by atoms with Crippen molar-refractivity contribution in [3.8, 4) is 0 Å². The first-order valence-electron chi connectivity index (χ1n) is 8.10. The standard InChI is InChI=1S/C19H19FN4O2/c1-11-7-8-14(10-15(11)20)22-18(26)21-13-6-4-5-12(9-13)16-19(2,3)17(25)24-23-16/h4-10H,1-3H3,(H,24,25)(H2,21,22,26). The van der Waals surface area contributed by atoms with Crippen LogP contribution in [0.15, 0.2) is 47.6 Å². The average molecular weight is 354 g/mol. The molecule has 0 spiro atoms. The summed E-state index contributed by atoms with van der Waals surface area (Å²) in [7, 11) is 0. The van der Waals surface area contributed by atoms with Crippen molar-refractivity contribution in [1.29, 1.82) is 0 Å². The van der Waals surface area contributed by atoms with E-state index in [1.165, 1.54) is 6.07 Å². The van der Waals surface area contributed by atoms with Crippen LogP contribution in [0.4, 0.5) is 20.6 Å². The number of nitrogens with one attached hydrogen (secondary N) is 3. The Balaban J connectivity index is 1.74. The molecule has 3 rings (SSSR count). The predicted octanol–water partition coefficient (Wildman–Crippen LogP) is 3.64. The lowest BCUT2D eigenvalue weighted by molar-refractivity contribution is -0.125. The van der Waals surface area contributed by atoms with E-state index in [9.17, 15) is 14.0 Å². The number of amides is 3. The summed E-state index contributed by atoms with van der Waals surface area (Å²) >= 11 is 0. The number of hydrogen-bond donors (Lipinski definition) is 3. The minimum Gasteiger partial charge on any atom is -0.308 e. The van der Waals surface area contributed by atoms with Crippen molar-refractivity contribution in [1.82, 2.24) is 5.43 Å². The first kappa shape index (κ1) is 17.6. The van der Waals surface area contributed by atoms with E-state index in [1.807, 2.05) is 6.07 Å². The lowest BCUT2D eigenvalue weighted by Gasteiger charge is -2.17. The van der Waals surface area contributed by atoms with Crippen molar-refractivity contribution in [3.63, 3.8) is 0 Å². The van der Waals surface area contributed by atoms with E-state index < -0.39 is 11.4 Å². The number of benzene rings is 2. The summed E-state index contributed by atoms with van der Waals surface area (Å²) in [5, 5.41) is 9.37. The fraction of sp³-hybridized carbons (Fsp3) is 0.211. The molecule has 7 heteroatoms. The van der Waals surface area contributed by atoms with Gasteiger partial charge in [0.1, 0.15) is 5.82 Å². The highest BCUT2D eigenvalue weighted by molar-refractivity contribution is 6.19. The van der Waals surface area contributed by atoms with E-state index in [1.54, 1.807) is 51.1 Å². The Morgan fingerprint density at radius 3 is 2.42 bits per heavy atom. The molecule has 3 amide bonds. The van der Waals surface area contributed by atoms with Gasteiger partial charge in [0.25, 0.3) is 5.91 Å². The third-order valence-corrected chi connectivity index (χ3v) is 4.25. The molecule has 3 N–H and O–H groups in total. The van der Waals surface area contributed by atoms with Crippen LogP contribution in [0.2, 0.25) is 0 Å². The summed E-state index contributed by atoms with van der Waals surface area (Å²) in [6.45, 7) is 5.22. The number of rotatable bonds is 3. The molecule has 1 aliphatic rings. The van der Waals surface area contributed by atoms with Crippen molar-refractivity contribution in [2.45, 2.75) is 20.8 Å². The molecule has 1 heterocycles. The Labute approximate surface area is 150 Å². The molecule has 0 aliphatic carbocycles.